The summed E-state index contributed by atoms with van der Waals surface area (Å²) in [7, 11) is 4.69. The van der Waals surface area contributed by atoms with Crippen LogP contribution in [0.2, 0.25) is 0 Å². The lowest BCUT2D eigenvalue weighted by molar-refractivity contribution is 0.705. The molecular formula is C14H15N7O2. The van der Waals surface area contributed by atoms with Crippen LogP contribution in [-0.2, 0) is 21.1 Å². The van der Waals surface area contributed by atoms with Crippen molar-refractivity contribution in [2.24, 2.45) is 26.2 Å². The maximum atomic E-state index is 12.2. The van der Waals surface area contributed by atoms with Crippen LogP contribution in [0.1, 0.15) is 5.56 Å². The van der Waals surface area contributed by atoms with Gasteiger partial charge in [0.2, 0.25) is 5.95 Å². The fraction of sp³-hybridized carbons (Fsp3) is 0.214. The topological polar surface area (TPSA) is 99.1 Å². The van der Waals surface area contributed by atoms with Crippen LogP contribution >= 0.6 is 0 Å². The van der Waals surface area contributed by atoms with Gasteiger partial charge >= 0.3 is 5.69 Å². The molecule has 118 valence electrons. The molecule has 9 heteroatoms. The second-order valence-corrected chi connectivity index (χ2v) is 5.02. The summed E-state index contributed by atoms with van der Waals surface area (Å²) < 4.78 is 3.95. The third-order valence-corrected chi connectivity index (χ3v) is 3.56. The molecule has 3 aromatic rings. The number of aromatic nitrogens is 5. The summed E-state index contributed by atoms with van der Waals surface area (Å²) in [6.07, 6.45) is 4.93. The predicted molar refractivity (Wildman–Crippen MR) is 86.6 cm³/mol. The van der Waals surface area contributed by atoms with Gasteiger partial charge in [-0.2, -0.15) is 10.1 Å². The molecule has 0 amide bonds. The average Bonchev–Trinajstić information content (AvgIpc) is 2.89. The summed E-state index contributed by atoms with van der Waals surface area (Å²) in [5, 5.41) is 4.09. The molecule has 0 saturated carbocycles. The minimum absolute atomic E-state index is 0.308. The number of nitrogens with zero attached hydrogens (tertiary/aromatic N) is 6. The van der Waals surface area contributed by atoms with E-state index in [0.29, 0.717) is 17.1 Å². The molecule has 0 radical (unpaired) electrons. The molecule has 0 aliphatic carbocycles. The lowest BCUT2D eigenvalue weighted by Gasteiger charge is -2.03. The number of aryl methyl sites for hydroxylation is 2. The van der Waals surface area contributed by atoms with E-state index in [4.69, 9.17) is 0 Å². The van der Waals surface area contributed by atoms with Gasteiger partial charge in [-0.25, -0.2) is 10.2 Å². The zero-order valence-electron chi connectivity index (χ0n) is 12.9. The summed E-state index contributed by atoms with van der Waals surface area (Å²) in [6, 6.07) is 3.61. The predicted octanol–water partition coefficient (Wildman–Crippen LogP) is -0.188. The number of pyridine rings is 1. The molecule has 23 heavy (non-hydrogen) atoms. The maximum absolute atomic E-state index is 12.2. The van der Waals surface area contributed by atoms with E-state index in [-0.39, 0.29) is 0 Å². The zero-order valence-corrected chi connectivity index (χ0v) is 12.9. The first-order chi connectivity index (χ1) is 11.0. The summed E-state index contributed by atoms with van der Waals surface area (Å²) in [4.78, 5) is 32.4. The van der Waals surface area contributed by atoms with Gasteiger partial charge < -0.3 is 4.57 Å². The molecule has 0 unspecified atom stereocenters. The molecule has 0 aliphatic rings. The van der Waals surface area contributed by atoms with E-state index in [2.05, 4.69) is 20.5 Å². The quantitative estimate of drug-likeness (QED) is 0.534. The van der Waals surface area contributed by atoms with E-state index in [9.17, 15) is 9.59 Å². The van der Waals surface area contributed by atoms with Gasteiger partial charge in [0.15, 0.2) is 11.2 Å². The van der Waals surface area contributed by atoms with Gasteiger partial charge in [-0.15, -0.1) is 0 Å². The summed E-state index contributed by atoms with van der Waals surface area (Å²) >= 11 is 0. The van der Waals surface area contributed by atoms with Crippen LogP contribution in [0.25, 0.3) is 11.2 Å². The number of rotatable bonds is 3. The molecule has 3 aromatic heterocycles. The minimum atomic E-state index is -0.424. The van der Waals surface area contributed by atoms with Crippen molar-refractivity contribution in [2.75, 3.05) is 5.43 Å². The van der Waals surface area contributed by atoms with Crippen molar-refractivity contribution in [1.29, 1.82) is 0 Å². The van der Waals surface area contributed by atoms with Crippen molar-refractivity contribution in [3.8, 4) is 0 Å². The van der Waals surface area contributed by atoms with E-state index < -0.39 is 11.2 Å². The molecule has 0 saturated heterocycles. The van der Waals surface area contributed by atoms with Gasteiger partial charge in [0.05, 0.1) is 6.21 Å². The second-order valence-electron chi connectivity index (χ2n) is 5.02. The molecule has 0 aromatic carbocycles. The lowest BCUT2D eigenvalue weighted by atomic mass is 10.3. The van der Waals surface area contributed by atoms with Crippen LogP contribution in [0.4, 0.5) is 5.95 Å². The van der Waals surface area contributed by atoms with Crippen molar-refractivity contribution in [3.05, 3.63) is 50.9 Å². The van der Waals surface area contributed by atoms with Crippen LogP contribution in [0.15, 0.2) is 39.2 Å². The molecule has 3 heterocycles. The van der Waals surface area contributed by atoms with Gasteiger partial charge in [0.25, 0.3) is 5.56 Å². The summed E-state index contributed by atoms with van der Waals surface area (Å²) in [5.41, 5.74) is 3.47. The molecule has 0 atom stereocenters. The molecule has 1 N–H and O–H groups in total. The molecular weight excluding hydrogens is 298 g/mol. The number of hydrogen-bond acceptors (Lipinski definition) is 6. The van der Waals surface area contributed by atoms with Crippen LogP contribution in [0.5, 0.6) is 0 Å². The van der Waals surface area contributed by atoms with E-state index in [1.807, 2.05) is 0 Å². The smallest absolute Gasteiger partial charge is 0.306 e. The van der Waals surface area contributed by atoms with E-state index >= 15 is 0 Å². The number of hydrogen-bond donors (Lipinski definition) is 1. The van der Waals surface area contributed by atoms with Crippen molar-refractivity contribution in [1.82, 2.24) is 23.7 Å². The highest BCUT2D eigenvalue weighted by Gasteiger charge is 2.16. The van der Waals surface area contributed by atoms with Crippen molar-refractivity contribution in [3.63, 3.8) is 0 Å². The Labute approximate surface area is 130 Å². The number of nitrogens with one attached hydrogen (secondary N) is 1. The Morgan fingerprint density at radius 3 is 2.48 bits per heavy atom. The molecule has 0 fully saturated rings. The van der Waals surface area contributed by atoms with E-state index in [1.54, 1.807) is 49.4 Å². The largest absolute Gasteiger partial charge is 0.332 e. The van der Waals surface area contributed by atoms with E-state index in [0.717, 1.165) is 10.1 Å². The third-order valence-electron chi connectivity index (χ3n) is 3.56. The first-order valence-electron chi connectivity index (χ1n) is 6.82. The lowest BCUT2D eigenvalue weighted by Crippen LogP contribution is -2.37. The van der Waals surface area contributed by atoms with Crippen LogP contribution in [0, 0.1) is 0 Å². The summed E-state index contributed by atoms with van der Waals surface area (Å²) in [6.45, 7) is 0. The highest BCUT2D eigenvalue weighted by atomic mass is 16.2. The highest BCUT2D eigenvalue weighted by Crippen LogP contribution is 2.12. The number of imidazole rings is 1. The molecule has 3 rings (SSSR count). The first kappa shape index (κ1) is 14.7. The summed E-state index contributed by atoms with van der Waals surface area (Å²) in [5.74, 6) is 0.364. The Balaban J connectivity index is 2.03. The van der Waals surface area contributed by atoms with Crippen LogP contribution in [-0.4, -0.2) is 29.9 Å². The zero-order chi connectivity index (χ0) is 16.6. The Kier molecular flexibility index (Phi) is 3.53. The fourth-order valence-electron chi connectivity index (χ4n) is 2.23. The van der Waals surface area contributed by atoms with Gasteiger partial charge in [0, 0.05) is 33.5 Å². The number of anilines is 1. The average molecular weight is 313 g/mol. The Bertz CT molecular complexity index is 1010. The standard InChI is InChI=1S/C14H15N7O2/c1-19-10-11(20(2)14(23)21(3)12(10)22)17-13(19)18-16-8-9-4-6-15-7-5-9/h4-8H,1-3H3,(H,17,18). The maximum Gasteiger partial charge on any atom is 0.332 e. The van der Waals surface area contributed by atoms with Gasteiger partial charge in [-0.3, -0.25) is 18.9 Å². The van der Waals surface area contributed by atoms with Gasteiger partial charge in [-0.1, -0.05) is 0 Å². The fourth-order valence-corrected chi connectivity index (χ4v) is 2.23. The highest BCUT2D eigenvalue weighted by molar-refractivity contribution is 5.80. The van der Waals surface area contributed by atoms with Gasteiger partial charge in [0.1, 0.15) is 0 Å². The van der Waals surface area contributed by atoms with Crippen molar-refractivity contribution in [2.45, 2.75) is 0 Å². The molecule has 0 spiro atoms. The normalized spacial score (nSPS) is 11.4. The SMILES string of the molecule is Cn1c(=O)c2c(nc(NN=Cc3ccncc3)n2C)n(C)c1=O. The van der Waals surface area contributed by atoms with Crippen molar-refractivity contribution < 1.29 is 0 Å². The first-order valence-corrected chi connectivity index (χ1v) is 6.82. The minimum Gasteiger partial charge on any atom is -0.306 e. The number of fused-ring (bicyclic) bond motifs is 1. The molecule has 0 aliphatic heterocycles. The van der Waals surface area contributed by atoms with E-state index in [1.165, 1.54) is 11.6 Å². The van der Waals surface area contributed by atoms with Gasteiger partial charge in [-0.05, 0) is 17.7 Å². The Morgan fingerprint density at radius 1 is 1.09 bits per heavy atom. The number of hydrazone groups is 1. The molecule has 0 bridgehead atoms. The Morgan fingerprint density at radius 2 is 1.78 bits per heavy atom. The monoisotopic (exact) mass is 313 g/mol. The molecule has 9 nitrogen and oxygen atoms in total. The van der Waals surface area contributed by atoms with Crippen molar-refractivity contribution >= 4 is 23.3 Å². The third kappa shape index (κ3) is 2.41. The van der Waals surface area contributed by atoms with Crippen LogP contribution in [0.3, 0.4) is 0 Å². The Hall–Kier alpha value is -3.23. The second kappa shape index (κ2) is 5.52. The van der Waals surface area contributed by atoms with Crippen LogP contribution < -0.4 is 16.7 Å².